The van der Waals surface area contributed by atoms with Crippen molar-refractivity contribution in [3.63, 3.8) is 0 Å². The van der Waals surface area contributed by atoms with Gasteiger partial charge < -0.3 is 14.2 Å². The van der Waals surface area contributed by atoms with Crippen LogP contribution >= 0.6 is 23.1 Å². The highest BCUT2D eigenvalue weighted by atomic mass is 32.2. The number of nitrogens with zero attached hydrogens (tertiary/aromatic N) is 4. The molecule has 0 saturated carbocycles. The maximum atomic E-state index is 13.5. The van der Waals surface area contributed by atoms with Crippen molar-refractivity contribution in [2.24, 2.45) is 0 Å². The fourth-order valence-corrected chi connectivity index (χ4v) is 7.05. The lowest BCUT2D eigenvalue weighted by Gasteiger charge is -2.26. The van der Waals surface area contributed by atoms with Crippen LogP contribution in [-0.4, -0.2) is 44.6 Å². The smallest absolute Gasteiger partial charge is 0.274 e. The molecule has 1 N–H and O–H groups in total. The largest absolute Gasteiger partial charge is 0.490 e. The van der Waals surface area contributed by atoms with Crippen molar-refractivity contribution in [3.8, 4) is 5.75 Å². The molecule has 4 aromatic rings. The molecule has 6 rings (SSSR count). The van der Waals surface area contributed by atoms with E-state index in [-0.39, 0.29) is 11.9 Å². The SMILES string of the molecule is O=C(Nc1nc(C2CCCN2c2ccc(OC3CCSCC3)cc2)cs1)c1cccn1Cc1ccnc(F)c1. The van der Waals surface area contributed by atoms with Gasteiger partial charge in [-0.05, 0) is 91.3 Å². The average Bonchev–Trinajstić information content (AvgIpc) is 3.71. The summed E-state index contributed by atoms with van der Waals surface area (Å²) in [5, 5.41) is 5.56. The summed E-state index contributed by atoms with van der Waals surface area (Å²) in [6, 6.07) is 15.3. The van der Waals surface area contributed by atoms with Gasteiger partial charge in [0.2, 0.25) is 5.95 Å². The Bertz CT molecular complexity index is 1420. The second-order valence-electron chi connectivity index (χ2n) is 9.81. The number of hydrogen-bond acceptors (Lipinski definition) is 7. The quantitative estimate of drug-likeness (QED) is 0.250. The Kier molecular flexibility index (Phi) is 7.83. The molecule has 202 valence electrons. The summed E-state index contributed by atoms with van der Waals surface area (Å²) >= 11 is 3.44. The molecular formula is C29H30FN5O2S2. The Morgan fingerprint density at radius 2 is 1.97 bits per heavy atom. The molecule has 2 saturated heterocycles. The Labute approximate surface area is 235 Å². The first-order chi connectivity index (χ1) is 19.1. The van der Waals surface area contributed by atoms with Crippen LogP contribution < -0.4 is 15.0 Å². The van der Waals surface area contributed by atoms with Crippen molar-refractivity contribution in [1.82, 2.24) is 14.5 Å². The number of carbonyl (C=O) groups excluding carboxylic acids is 1. The minimum atomic E-state index is -0.537. The number of aromatic nitrogens is 3. The number of anilines is 2. The van der Waals surface area contributed by atoms with Gasteiger partial charge in [-0.15, -0.1) is 11.3 Å². The van der Waals surface area contributed by atoms with E-state index in [0.29, 0.717) is 23.5 Å². The topological polar surface area (TPSA) is 72.3 Å². The van der Waals surface area contributed by atoms with Crippen molar-refractivity contribution in [1.29, 1.82) is 0 Å². The Hall–Kier alpha value is -3.37. The lowest BCUT2D eigenvalue weighted by Crippen LogP contribution is -2.23. The molecule has 0 aliphatic carbocycles. The molecule has 0 bridgehead atoms. The monoisotopic (exact) mass is 563 g/mol. The third-order valence-corrected chi connectivity index (χ3v) is 9.01. The van der Waals surface area contributed by atoms with Crippen LogP contribution in [0.15, 0.2) is 66.3 Å². The van der Waals surface area contributed by atoms with Crippen LogP contribution in [0.25, 0.3) is 0 Å². The van der Waals surface area contributed by atoms with E-state index in [0.717, 1.165) is 54.9 Å². The molecule has 2 aliphatic heterocycles. The summed E-state index contributed by atoms with van der Waals surface area (Å²) in [6.45, 7) is 1.34. The molecule has 0 radical (unpaired) electrons. The summed E-state index contributed by atoms with van der Waals surface area (Å²) in [5.41, 5.74) is 3.35. The van der Waals surface area contributed by atoms with Gasteiger partial charge in [0.25, 0.3) is 5.91 Å². The van der Waals surface area contributed by atoms with Crippen molar-refractivity contribution in [3.05, 3.63) is 89.2 Å². The summed E-state index contributed by atoms with van der Waals surface area (Å²) in [6.07, 6.45) is 7.88. The van der Waals surface area contributed by atoms with Gasteiger partial charge in [0.1, 0.15) is 17.5 Å². The molecule has 1 unspecified atom stereocenters. The predicted molar refractivity (Wildman–Crippen MR) is 155 cm³/mol. The number of rotatable bonds is 8. The maximum absolute atomic E-state index is 13.5. The first kappa shape index (κ1) is 25.9. The molecule has 5 heterocycles. The van der Waals surface area contributed by atoms with Gasteiger partial charge in [-0.25, -0.2) is 9.97 Å². The molecule has 3 aromatic heterocycles. The van der Waals surface area contributed by atoms with Gasteiger partial charge in [0.05, 0.1) is 11.7 Å². The van der Waals surface area contributed by atoms with Crippen LogP contribution in [0, 0.1) is 5.95 Å². The van der Waals surface area contributed by atoms with Crippen LogP contribution in [0.3, 0.4) is 0 Å². The zero-order valence-electron chi connectivity index (χ0n) is 21.5. The van der Waals surface area contributed by atoms with Gasteiger partial charge in [-0.1, -0.05) is 0 Å². The number of halogens is 1. The second kappa shape index (κ2) is 11.8. The molecule has 10 heteroatoms. The lowest BCUT2D eigenvalue weighted by molar-refractivity contribution is 0.101. The van der Waals surface area contributed by atoms with Gasteiger partial charge in [0.15, 0.2) is 5.13 Å². The lowest BCUT2D eigenvalue weighted by atomic mass is 10.1. The van der Waals surface area contributed by atoms with Gasteiger partial charge in [0, 0.05) is 36.6 Å². The standard InChI is InChI=1S/C29H30FN5O2S2/c30-27-17-20(9-12-31-27)18-34-13-1-4-26(34)28(36)33-29-32-24(19-39-29)25-3-2-14-35(25)21-5-7-22(8-6-21)37-23-10-15-38-16-11-23/h1,4-9,12-13,17,19,23,25H,2-3,10-11,14-16,18H2,(H,32,33,36). The highest BCUT2D eigenvalue weighted by molar-refractivity contribution is 7.99. The number of amides is 1. The molecule has 1 aromatic carbocycles. The predicted octanol–water partition coefficient (Wildman–Crippen LogP) is 6.40. The van der Waals surface area contributed by atoms with Crippen molar-refractivity contribution < 1.29 is 13.9 Å². The van der Waals surface area contributed by atoms with E-state index in [1.165, 1.54) is 35.1 Å². The number of pyridine rings is 1. The number of ether oxygens (including phenoxy) is 1. The van der Waals surface area contributed by atoms with Crippen molar-refractivity contribution in [2.75, 3.05) is 28.3 Å². The molecule has 2 fully saturated rings. The maximum Gasteiger partial charge on any atom is 0.274 e. The van der Waals surface area contributed by atoms with Gasteiger partial charge >= 0.3 is 0 Å². The van der Waals surface area contributed by atoms with Crippen molar-refractivity contribution >= 4 is 39.8 Å². The van der Waals surface area contributed by atoms with Gasteiger partial charge in [-0.2, -0.15) is 16.2 Å². The van der Waals surface area contributed by atoms with E-state index in [2.05, 4.69) is 39.5 Å². The van der Waals surface area contributed by atoms with E-state index in [9.17, 15) is 9.18 Å². The number of carbonyl (C=O) groups is 1. The van der Waals surface area contributed by atoms with Crippen LogP contribution in [0.1, 0.15) is 53.5 Å². The fraction of sp³-hybridized carbons (Fsp3) is 0.345. The first-order valence-corrected chi connectivity index (χ1v) is 15.3. The number of nitrogens with one attached hydrogen (secondary N) is 1. The van der Waals surface area contributed by atoms with E-state index in [4.69, 9.17) is 9.72 Å². The summed E-state index contributed by atoms with van der Waals surface area (Å²) in [4.78, 5) is 23.8. The molecule has 2 aliphatic rings. The molecule has 39 heavy (non-hydrogen) atoms. The number of thioether (sulfide) groups is 1. The summed E-state index contributed by atoms with van der Waals surface area (Å²) in [5.74, 6) is 2.50. The van der Waals surface area contributed by atoms with Crippen LogP contribution in [0.2, 0.25) is 0 Å². The number of benzene rings is 1. The Balaban J connectivity index is 1.10. The minimum absolute atomic E-state index is 0.166. The van der Waals surface area contributed by atoms with E-state index >= 15 is 0 Å². The third kappa shape index (κ3) is 6.12. The summed E-state index contributed by atoms with van der Waals surface area (Å²) < 4.78 is 21.5. The first-order valence-electron chi connectivity index (χ1n) is 13.3. The van der Waals surface area contributed by atoms with Crippen molar-refractivity contribution in [2.45, 2.75) is 44.4 Å². The molecule has 0 spiro atoms. The second-order valence-corrected chi connectivity index (χ2v) is 11.9. The minimum Gasteiger partial charge on any atom is -0.490 e. The van der Waals surface area contributed by atoms with Gasteiger partial charge in [-0.3, -0.25) is 10.1 Å². The van der Waals surface area contributed by atoms with E-state index < -0.39 is 5.95 Å². The zero-order chi connectivity index (χ0) is 26.6. The number of hydrogen-bond donors (Lipinski definition) is 1. The third-order valence-electron chi connectivity index (χ3n) is 7.18. The fourth-order valence-electron chi connectivity index (χ4n) is 5.24. The normalized spacial score (nSPS) is 17.9. The molecule has 1 amide bonds. The molecular weight excluding hydrogens is 533 g/mol. The molecule has 7 nitrogen and oxygen atoms in total. The Morgan fingerprint density at radius 1 is 1.13 bits per heavy atom. The number of thiazole rings is 1. The van der Waals surface area contributed by atoms with E-state index in [1.807, 2.05) is 23.3 Å². The van der Waals surface area contributed by atoms with Crippen LogP contribution in [-0.2, 0) is 6.54 Å². The van der Waals surface area contributed by atoms with Crippen LogP contribution in [0.4, 0.5) is 15.2 Å². The highest BCUT2D eigenvalue weighted by Crippen LogP contribution is 2.38. The Morgan fingerprint density at radius 3 is 2.79 bits per heavy atom. The van der Waals surface area contributed by atoms with Crippen LogP contribution in [0.5, 0.6) is 5.75 Å². The molecule has 1 atom stereocenters. The highest BCUT2D eigenvalue weighted by Gasteiger charge is 2.29. The zero-order valence-corrected chi connectivity index (χ0v) is 23.1. The summed E-state index contributed by atoms with van der Waals surface area (Å²) in [7, 11) is 0. The average molecular weight is 564 g/mol. The van der Waals surface area contributed by atoms with E-state index in [1.54, 1.807) is 22.8 Å².